The zero-order valence-corrected chi connectivity index (χ0v) is 20.7. The second kappa shape index (κ2) is 9.95. The summed E-state index contributed by atoms with van der Waals surface area (Å²) in [5.41, 5.74) is 3.26. The maximum absolute atomic E-state index is 13.3. The number of para-hydroxylation sites is 1. The van der Waals surface area contributed by atoms with Crippen LogP contribution >= 0.6 is 11.6 Å². The zero-order valence-electron chi connectivity index (χ0n) is 19.9. The Kier molecular flexibility index (Phi) is 6.54. The van der Waals surface area contributed by atoms with E-state index in [9.17, 15) is 19.5 Å². The monoisotopic (exact) mass is 514 g/mol. The normalized spacial score (nSPS) is 16.9. The first kappa shape index (κ1) is 24.3. The summed E-state index contributed by atoms with van der Waals surface area (Å²) >= 11 is 5.99. The van der Waals surface area contributed by atoms with Gasteiger partial charge in [0.15, 0.2) is 0 Å². The van der Waals surface area contributed by atoms with Gasteiger partial charge in [0, 0.05) is 34.2 Å². The number of benzene rings is 3. The number of halogens is 1. The van der Waals surface area contributed by atoms with Crippen LogP contribution in [0.1, 0.15) is 33.1 Å². The molecule has 0 bridgehead atoms. The minimum absolute atomic E-state index is 0.0166. The molecular formula is C29H23ClN2O5. The van der Waals surface area contributed by atoms with Gasteiger partial charge < -0.3 is 19.7 Å². The Balaban J connectivity index is 1.56. The number of H-pyrrole nitrogens is 1. The van der Waals surface area contributed by atoms with Crippen molar-refractivity contribution < 1.29 is 24.2 Å². The molecule has 37 heavy (non-hydrogen) atoms. The number of fused-ring (bicyclic) bond motifs is 1. The average Bonchev–Trinajstić information content (AvgIpc) is 3.45. The molecule has 3 aromatic carbocycles. The van der Waals surface area contributed by atoms with Gasteiger partial charge in [-0.2, -0.15) is 0 Å². The van der Waals surface area contributed by atoms with Crippen LogP contribution < -0.4 is 0 Å². The first-order chi connectivity index (χ1) is 17.9. The van der Waals surface area contributed by atoms with Gasteiger partial charge in [-0.25, -0.2) is 4.79 Å². The molecule has 0 radical (unpaired) electrons. The highest BCUT2D eigenvalue weighted by Gasteiger charge is 2.45. The van der Waals surface area contributed by atoms with Gasteiger partial charge >= 0.3 is 5.97 Å². The molecule has 1 aromatic heterocycles. The van der Waals surface area contributed by atoms with E-state index in [1.807, 2.05) is 30.5 Å². The molecule has 2 N–H and O–H groups in total. The second-order valence-electron chi connectivity index (χ2n) is 8.72. The van der Waals surface area contributed by atoms with Gasteiger partial charge in [-0.3, -0.25) is 9.59 Å². The molecule has 2 heterocycles. The number of hydrogen-bond donors (Lipinski definition) is 2. The van der Waals surface area contributed by atoms with Crippen LogP contribution in [0.5, 0.6) is 0 Å². The number of aromatic amines is 1. The maximum Gasteiger partial charge on any atom is 0.337 e. The number of carbonyl (C=O) groups is 3. The first-order valence-electron chi connectivity index (χ1n) is 11.7. The van der Waals surface area contributed by atoms with E-state index < -0.39 is 23.7 Å². The van der Waals surface area contributed by atoms with E-state index in [-0.39, 0.29) is 17.9 Å². The van der Waals surface area contributed by atoms with Crippen LogP contribution in [0.25, 0.3) is 16.7 Å². The van der Waals surface area contributed by atoms with Crippen molar-refractivity contribution in [2.75, 3.05) is 13.7 Å². The van der Waals surface area contributed by atoms with Crippen molar-refractivity contribution in [2.24, 2.45) is 0 Å². The van der Waals surface area contributed by atoms with Gasteiger partial charge in [0.2, 0.25) is 0 Å². The lowest BCUT2D eigenvalue weighted by Gasteiger charge is -2.25. The number of nitrogens with zero attached hydrogens (tertiary/aromatic N) is 1. The van der Waals surface area contributed by atoms with Crippen LogP contribution in [-0.2, 0) is 20.7 Å². The third-order valence-corrected chi connectivity index (χ3v) is 6.85. The van der Waals surface area contributed by atoms with Crippen molar-refractivity contribution in [1.29, 1.82) is 0 Å². The van der Waals surface area contributed by atoms with Crippen molar-refractivity contribution in [2.45, 2.75) is 12.5 Å². The lowest BCUT2D eigenvalue weighted by atomic mass is 9.94. The fraction of sp³-hybridized carbons (Fsp3) is 0.138. The van der Waals surface area contributed by atoms with Crippen molar-refractivity contribution in [3.05, 3.63) is 112 Å². The third kappa shape index (κ3) is 4.49. The summed E-state index contributed by atoms with van der Waals surface area (Å²) in [5.74, 6) is -2.25. The Hall–Kier alpha value is -4.36. The standard InChI is InChI=1S/C29H23ClN2O5/c1-37-29(36)19-8-6-17(7-9-19)25-24(26(33)18-10-12-21(30)13-11-18)27(34)28(35)32(25)15-14-20-16-31-23-5-3-2-4-22(20)23/h2-13,16,25,31,33H,14-15H2,1H3/b26-24+. The molecule has 0 saturated carbocycles. The lowest BCUT2D eigenvalue weighted by Crippen LogP contribution is -2.31. The third-order valence-electron chi connectivity index (χ3n) is 6.60. The lowest BCUT2D eigenvalue weighted by molar-refractivity contribution is -0.139. The molecule has 1 saturated heterocycles. The van der Waals surface area contributed by atoms with E-state index in [0.29, 0.717) is 28.1 Å². The SMILES string of the molecule is COC(=O)c1ccc(C2/C(=C(\O)c3ccc(Cl)cc3)C(=O)C(=O)N2CCc2c[nH]c3ccccc23)cc1. The molecule has 186 valence electrons. The topological polar surface area (TPSA) is 99.7 Å². The minimum atomic E-state index is -0.840. The van der Waals surface area contributed by atoms with E-state index in [4.69, 9.17) is 16.3 Å². The Morgan fingerprint density at radius 3 is 2.38 bits per heavy atom. The summed E-state index contributed by atoms with van der Waals surface area (Å²) < 4.78 is 4.78. The molecule has 5 rings (SSSR count). The number of rotatable bonds is 6. The number of likely N-dealkylation sites (tertiary alicyclic amines) is 1. The largest absolute Gasteiger partial charge is 0.507 e. The van der Waals surface area contributed by atoms with Crippen molar-refractivity contribution in [3.63, 3.8) is 0 Å². The quantitative estimate of drug-likeness (QED) is 0.158. The number of aromatic nitrogens is 1. The Morgan fingerprint density at radius 2 is 1.68 bits per heavy atom. The van der Waals surface area contributed by atoms with Crippen molar-refractivity contribution in [3.8, 4) is 0 Å². The van der Waals surface area contributed by atoms with Gasteiger partial charge in [-0.1, -0.05) is 41.9 Å². The molecule has 1 amide bonds. The van der Waals surface area contributed by atoms with E-state index in [0.717, 1.165) is 16.5 Å². The number of ether oxygens (including phenoxy) is 1. The summed E-state index contributed by atoms with van der Waals surface area (Å²) in [6.07, 6.45) is 2.39. The van der Waals surface area contributed by atoms with E-state index in [1.165, 1.54) is 12.0 Å². The van der Waals surface area contributed by atoms with Crippen LogP contribution in [0.15, 0.2) is 84.6 Å². The van der Waals surface area contributed by atoms with Gasteiger partial charge in [-0.15, -0.1) is 0 Å². The number of esters is 1. The molecule has 4 aromatic rings. The molecule has 1 atom stereocenters. The highest BCUT2D eigenvalue weighted by atomic mass is 35.5. The van der Waals surface area contributed by atoms with Crippen molar-refractivity contribution in [1.82, 2.24) is 9.88 Å². The summed E-state index contributed by atoms with van der Waals surface area (Å²) in [6, 6.07) is 19.9. The van der Waals surface area contributed by atoms with Gasteiger partial charge in [0.05, 0.1) is 24.3 Å². The summed E-state index contributed by atoms with van der Waals surface area (Å²) in [5, 5.41) is 12.7. The predicted molar refractivity (Wildman–Crippen MR) is 140 cm³/mol. The summed E-state index contributed by atoms with van der Waals surface area (Å²) in [4.78, 5) is 43.2. The summed E-state index contributed by atoms with van der Waals surface area (Å²) in [7, 11) is 1.29. The van der Waals surface area contributed by atoms with E-state index in [1.54, 1.807) is 48.5 Å². The van der Waals surface area contributed by atoms with Gasteiger partial charge in [0.25, 0.3) is 11.7 Å². The molecule has 0 spiro atoms. The molecule has 0 aliphatic carbocycles. The average molecular weight is 515 g/mol. The van der Waals surface area contributed by atoms with Crippen LogP contribution in [0.4, 0.5) is 0 Å². The highest BCUT2D eigenvalue weighted by Crippen LogP contribution is 2.40. The number of nitrogens with one attached hydrogen (secondary N) is 1. The van der Waals surface area contributed by atoms with Gasteiger partial charge in [-0.05, 0) is 60.0 Å². The molecule has 7 nitrogen and oxygen atoms in total. The Morgan fingerprint density at radius 1 is 1.00 bits per heavy atom. The molecule has 1 aliphatic heterocycles. The zero-order chi connectivity index (χ0) is 26.1. The number of methoxy groups -OCH3 is 1. The Bertz CT molecular complexity index is 1540. The van der Waals surface area contributed by atoms with Crippen LogP contribution in [0.2, 0.25) is 5.02 Å². The van der Waals surface area contributed by atoms with Crippen LogP contribution in [0, 0.1) is 0 Å². The molecule has 1 aliphatic rings. The number of aliphatic hydroxyl groups is 1. The first-order valence-corrected chi connectivity index (χ1v) is 12.0. The number of ketones is 1. The number of hydrogen-bond acceptors (Lipinski definition) is 5. The second-order valence-corrected chi connectivity index (χ2v) is 9.16. The summed E-state index contributed by atoms with van der Waals surface area (Å²) in [6.45, 7) is 0.243. The Labute approximate surface area is 217 Å². The minimum Gasteiger partial charge on any atom is -0.507 e. The molecule has 8 heteroatoms. The highest BCUT2D eigenvalue weighted by molar-refractivity contribution is 6.46. The fourth-order valence-corrected chi connectivity index (χ4v) is 4.85. The molecular weight excluding hydrogens is 492 g/mol. The maximum atomic E-state index is 13.3. The smallest absolute Gasteiger partial charge is 0.337 e. The molecule has 1 unspecified atom stereocenters. The fourth-order valence-electron chi connectivity index (χ4n) is 4.72. The number of amides is 1. The number of Topliss-reactive ketones (excluding diaryl/α,β-unsaturated/α-hetero) is 1. The predicted octanol–water partition coefficient (Wildman–Crippen LogP) is 5.27. The molecule has 1 fully saturated rings. The van der Waals surface area contributed by atoms with Crippen molar-refractivity contribution >= 4 is 45.9 Å². The number of carbonyl (C=O) groups excluding carboxylic acids is 3. The van der Waals surface area contributed by atoms with Crippen LogP contribution in [-0.4, -0.2) is 46.3 Å². The van der Waals surface area contributed by atoms with E-state index in [2.05, 4.69) is 4.98 Å². The number of aliphatic hydroxyl groups excluding tert-OH is 1. The van der Waals surface area contributed by atoms with Crippen LogP contribution in [0.3, 0.4) is 0 Å². The van der Waals surface area contributed by atoms with E-state index >= 15 is 0 Å². The van der Waals surface area contributed by atoms with Gasteiger partial charge in [0.1, 0.15) is 5.76 Å².